The maximum absolute atomic E-state index is 12.9. The van der Waals surface area contributed by atoms with Crippen LogP contribution in [-0.2, 0) is 4.79 Å². The second-order valence-corrected chi connectivity index (χ2v) is 8.71. The number of piperazine rings is 1. The minimum absolute atomic E-state index is 0.0834. The van der Waals surface area contributed by atoms with Crippen LogP contribution in [0.25, 0.3) is 0 Å². The lowest BCUT2D eigenvalue weighted by Gasteiger charge is -2.58. The van der Waals surface area contributed by atoms with Gasteiger partial charge in [-0.05, 0) is 39.2 Å². The van der Waals surface area contributed by atoms with Crippen molar-refractivity contribution >= 4 is 12.0 Å². The van der Waals surface area contributed by atoms with Crippen LogP contribution in [0.3, 0.4) is 0 Å². The standard InChI is InChI=1S/C18H33N3O3/c1-7-19-8-10-20(11-9-19)15(22)13-12-14(18(13,5)6)21(16(23)24)17(2,3)4/h13-14H,7-12H2,1-6H3,(H,23,24)/t13-,14-/m1/s1. The molecule has 0 aromatic rings. The zero-order valence-corrected chi connectivity index (χ0v) is 16.0. The highest BCUT2D eigenvalue weighted by Crippen LogP contribution is 2.51. The van der Waals surface area contributed by atoms with Crippen molar-refractivity contribution in [2.45, 2.75) is 59.5 Å². The van der Waals surface area contributed by atoms with Crippen LogP contribution in [0.5, 0.6) is 0 Å². The van der Waals surface area contributed by atoms with Gasteiger partial charge in [0.2, 0.25) is 5.91 Å². The third-order valence-corrected chi connectivity index (χ3v) is 5.89. The van der Waals surface area contributed by atoms with Gasteiger partial charge in [-0.25, -0.2) is 4.79 Å². The van der Waals surface area contributed by atoms with Crippen molar-refractivity contribution in [3.63, 3.8) is 0 Å². The van der Waals surface area contributed by atoms with Gasteiger partial charge in [0.1, 0.15) is 0 Å². The van der Waals surface area contributed by atoms with E-state index in [1.807, 2.05) is 39.5 Å². The second kappa shape index (κ2) is 6.54. The Morgan fingerprint density at radius 2 is 1.71 bits per heavy atom. The Hall–Kier alpha value is -1.30. The maximum Gasteiger partial charge on any atom is 0.408 e. The molecular weight excluding hydrogens is 306 g/mol. The smallest absolute Gasteiger partial charge is 0.408 e. The molecule has 2 fully saturated rings. The molecule has 138 valence electrons. The lowest BCUT2D eigenvalue weighted by Crippen LogP contribution is -2.67. The number of hydrogen-bond acceptors (Lipinski definition) is 3. The van der Waals surface area contributed by atoms with Crippen LogP contribution >= 0.6 is 0 Å². The topological polar surface area (TPSA) is 64.1 Å². The molecule has 1 N–H and O–H groups in total. The first kappa shape index (κ1) is 19.0. The number of likely N-dealkylation sites (N-methyl/N-ethyl adjacent to an activating group) is 1. The van der Waals surface area contributed by atoms with Crippen molar-refractivity contribution in [3.05, 3.63) is 0 Å². The highest BCUT2D eigenvalue weighted by molar-refractivity contribution is 5.81. The van der Waals surface area contributed by atoms with Crippen molar-refractivity contribution in [1.82, 2.24) is 14.7 Å². The van der Waals surface area contributed by atoms with Crippen molar-refractivity contribution in [2.75, 3.05) is 32.7 Å². The molecule has 6 heteroatoms. The van der Waals surface area contributed by atoms with Gasteiger partial charge in [0, 0.05) is 43.7 Å². The van der Waals surface area contributed by atoms with Crippen molar-refractivity contribution in [1.29, 1.82) is 0 Å². The Kier molecular flexibility index (Phi) is 5.19. The molecule has 1 saturated heterocycles. The van der Waals surface area contributed by atoms with Crippen molar-refractivity contribution in [2.24, 2.45) is 11.3 Å². The molecule has 2 amide bonds. The summed E-state index contributed by atoms with van der Waals surface area (Å²) in [6.45, 7) is 16.4. The number of hydrogen-bond donors (Lipinski definition) is 1. The summed E-state index contributed by atoms with van der Waals surface area (Å²) in [4.78, 5) is 30.5. The van der Waals surface area contributed by atoms with Crippen LogP contribution in [0.1, 0.15) is 48.0 Å². The van der Waals surface area contributed by atoms with Gasteiger partial charge in [-0.2, -0.15) is 0 Å². The molecule has 2 atom stereocenters. The molecule has 1 heterocycles. The molecule has 0 aromatic heterocycles. The number of rotatable bonds is 3. The molecule has 0 unspecified atom stereocenters. The normalized spacial score (nSPS) is 27.5. The summed E-state index contributed by atoms with van der Waals surface area (Å²) < 4.78 is 0. The molecule has 0 radical (unpaired) electrons. The molecule has 2 aliphatic rings. The van der Waals surface area contributed by atoms with Crippen LogP contribution in [0.2, 0.25) is 0 Å². The summed E-state index contributed by atoms with van der Waals surface area (Å²) in [5, 5.41) is 9.63. The molecule has 24 heavy (non-hydrogen) atoms. The van der Waals surface area contributed by atoms with Crippen LogP contribution in [-0.4, -0.2) is 76.1 Å². The Balaban J connectivity index is 2.05. The lowest BCUT2D eigenvalue weighted by molar-refractivity contribution is -0.158. The summed E-state index contributed by atoms with van der Waals surface area (Å²) in [6.07, 6.45) is -0.272. The summed E-state index contributed by atoms with van der Waals surface area (Å²) in [7, 11) is 0. The molecular formula is C18H33N3O3. The molecule has 6 nitrogen and oxygen atoms in total. The van der Waals surface area contributed by atoms with Gasteiger partial charge in [0.25, 0.3) is 0 Å². The molecule has 1 aliphatic carbocycles. The van der Waals surface area contributed by atoms with E-state index >= 15 is 0 Å². The quantitative estimate of drug-likeness (QED) is 0.857. The Labute approximate surface area is 145 Å². The Morgan fingerprint density at radius 1 is 1.17 bits per heavy atom. The van der Waals surface area contributed by atoms with E-state index < -0.39 is 11.6 Å². The van der Waals surface area contributed by atoms with Crippen LogP contribution in [0.15, 0.2) is 0 Å². The third kappa shape index (κ3) is 3.39. The fraction of sp³-hybridized carbons (Fsp3) is 0.889. The third-order valence-electron chi connectivity index (χ3n) is 5.89. The van der Waals surface area contributed by atoms with Crippen LogP contribution in [0.4, 0.5) is 4.79 Å². The SMILES string of the molecule is CCN1CCN(C(=O)[C@H]2C[C@@H](N(C(=O)O)C(C)(C)C)C2(C)C)CC1. The number of nitrogens with zero attached hydrogens (tertiary/aromatic N) is 3. The molecule has 0 spiro atoms. The minimum Gasteiger partial charge on any atom is -0.465 e. The number of carboxylic acid groups (broad SMARTS) is 1. The van der Waals surface area contributed by atoms with E-state index in [2.05, 4.69) is 11.8 Å². The van der Waals surface area contributed by atoms with Crippen molar-refractivity contribution in [3.8, 4) is 0 Å². The lowest BCUT2D eigenvalue weighted by atomic mass is 9.57. The summed E-state index contributed by atoms with van der Waals surface area (Å²) in [5.41, 5.74) is -0.792. The summed E-state index contributed by atoms with van der Waals surface area (Å²) >= 11 is 0. The first-order valence-corrected chi connectivity index (χ1v) is 9.03. The Bertz CT molecular complexity index is 490. The number of carbonyl (C=O) groups is 2. The fourth-order valence-electron chi connectivity index (χ4n) is 4.15. The Morgan fingerprint density at radius 3 is 2.08 bits per heavy atom. The zero-order valence-electron chi connectivity index (χ0n) is 16.0. The van der Waals surface area contributed by atoms with Crippen LogP contribution in [0, 0.1) is 11.3 Å². The van der Waals surface area contributed by atoms with Crippen molar-refractivity contribution < 1.29 is 14.7 Å². The van der Waals surface area contributed by atoms with Gasteiger partial charge in [0.15, 0.2) is 0 Å². The van der Waals surface area contributed by atoms with Gasteiger partial charge in [0.05, 0.1) is 0 Å². The monoisotopic (exact) mass is 339 g/mol. The predicted octanol–water partition coefficient (Wildman–Crippen LogP) is 2.34. The average Bonchev–Trinajstić information content (AvgIpc) is 2.48. The largest absolute Gasteiger partial charge is 0.465 e. The van der Waals surface area contributed by atoms with Gasteiger partial charge >= 0.3 is 6.09 Å². The molecule has 0 aromatic carbocycles. The first-order valence-electron chi connectivity index (χ1n) is 9.03. The first-order chi connectivity index (χ1) is 11.0. The molecule has 2 rings (SSSR count). The van der Waals surface area contributed by atoms with Gasteiger partial charge in [-0.15, -0.1) is 0 Å². The predicted molar refractivity (Wildman–Crippen MR) is 94.0 cm³/mol. The molecule has 1 aliphatic heterocycles. The van der Waals surface area contributed by atoms with Gasteiger partial charge < -0.3 is 14.9 Å². The fourth-order valence-corrected chi connectivity index (χ4v) is 4.15. The van der Waals surface area contributed by atoms with E-state index in [9.17, 15) is 14.7 Å². The van der Waals surface area contributed by atoms with E-state index in [1.165, 1.54) is 4.90 Å². The van der Waals surface area contributed by atoms with E-state index in [4.69, 9.17) is 0 Å². The van der Waals surface area contributed by atoms with Gasteiger partial charge in [-0.3, -0.25) is 9.69 Å². The van der Waals surface area contributed by atoms with E-state index in [-0.39, 0.29) is 23.3 Å². The number of carbonyl (C=O) groups excluding carboxylic acids is 1. The molecule has 1 saturated carbocycles. The van der Waals surface area contributed by atoms with E-state index in [0.717, 1.165) is 32.7 Å². The maximum atomic E-state index is 12.9. The highest BCUT2D eigenvalue weighted by atomic mass is 16.4. The number of amides is 2. The van der Waals surface area contributed by atoms with E-state index in [1.54, 1.807) is 0 Å². The summed E-state index contributed by atoms with van der Waals surface area (Å²) in [6, 6.07) is -0.110. The average molecular weight is 339 g/mol. The summed E-state index contributed by atoms with van der Waals surface area (Å²) in [5.74, 6) is 0.117. The highest BCUT2D eigenvalue weighted by Gasteiger charge is 2.57. The minimum atomic E-state index is -0.900. The molecule has 0 bridgehead atoms. The van der Waals surface area contributed by atoms with Crippen LogP contribution < -0.4 is 0 Å². The zero-order chi connectivity index (χ0) is 18.3. The van der Waals surface area contributed by atoms with E-state index in [0.29, 0.717) is 6.42 Å². The van der Waals surface area contributed by atoms with Gasteiger partial charge in [-0.1, -0.05) is 20.8 Å². The second-order valence-electron chi connectivity index (χ2n) is 8.71.